The van der Waals surface area contributed by atoms with E-state index in [4.69, 9.17) is 9.47 Å². The Balaban J connectivity index is 2.20. The van der Waals surface area contributed by atoms with E-state index in [0.717, 1.165) is 0 Å². The zero-order valence-electron chi connectivity index (χ0n) is 16.6. The van der Waals surface area contributed by atoms with Crippen molar-refractivity contribution in [2.24, 2.45) is 0 Å². The molecule has 4 nitrogen and oxygen atoms in total. The first kappa shape index (κ1) is 20.8. The maximum absolute atomic E-state index is 14.2. The summed E-state index contributed by atoms with van der Waals surface area (Å²) in [6.07, 6.45) is -4.18. The van der Waals surface area contributed by atoms with Gasteiger partial charge in [0, 0.05) is 0 Å². The quantitative estimate of drug-likeness (QED) is 0.611. The molecule has 2 aromatic rings. The van der Waals surface area contributed by atoms with Crippen molar-refractivity contribution in [2.75, 3.05) is 7.11 Å². The molecule has 29 heavy (non-hydrogen) atoms. The first-order chi connectivity index (χ1) is 13.5. The molecule has 0 N–H and O–H groups in total. The number of ether oxygens (including phenoxy) is 2. The Bertz CT molecular complexity index is 928. The van der Waals surface area contributed by atoms with E-state index in [1.807, 2.05) is 0 Å². The second kappa shape index (κ2) is 7.46. The van der Waals surface area contributed by atoms with Crippen molar-refractivity contribution in [1.29, 1.82) is 0 Å². The summed E-state index contributed by atoms with van der Waals surface area (Å²) in [4.78, 5) is 13.6. The summed E-state index contributed by atoms with van der Waals surface area (Å²) in [5.74, 6) is 0.557. The number of hydrogen-bond acceptors (Lipinski definition) is 3. The van der Waals surface area contributed by atoms with E-state index in [1.165, 1.54) is 19.2 Å². The van der Waals surface area contributed by atoms with Crippen LogP contribution < -0.4 is 4.74 Å². The monoisotopic (exact) mass is 405 g/mol. The topological polar surface area (TPSA) is 38.8 Å². The lowest BCUT2D eigenvalue weighted by Crippen LogP contribution is -2.45. The molecule has 0 aromatic heterocycles. The summed E-state index contributed by atoms with van der Waals surface area (Å²) in [7, 11) is 1.50. The van der Waals surface area contributed by atoms with E-state index < -0.39 is 23.9 Å². The molecule has 7 heteroatoms. The Morgan fingerprint density at radius 1 is 1.00 bits per heavy atom. The zero-order valence-corrected chi connectivity index (χ0v) is 16.6. The SMILES string of the molecule is COc1ccc(C2=Cc3ccccc3[C@@H](C(F)(F)F)N2C(=O)OC(C)(C)C)cc1. The largest absolute Gasteiger partial charge is 0.497 e. The molecular formula is C22H22F3NO3. The van der Waals surface area contributed by atoms with Gasteiger partial charge in [-0.2, -0.15) is 13.2 Å². The molecule has 1 atom stereocenters. The molecule has 1 aliphatic heterocycles. The molecule has 3 rings (SSSR count). The van der Waals surface area contributed by atoms with Gasteiger partial charge >= 0.3 is 12.3 Å². The van der Waals surface area contributed by atoms with Crippen molar-refractivity contribution in [1.82, 2.24) is 4.90 Å². The Hall–Kier alpha value is -2.96. The van der Waals surface area contributed by atoms with Crippen LogP contribution >= 0.6 is 0 Å². The molecule has 0 bridgehead atoms. The Labute approximate surface area is 167 Å². The van der Waals surface area contributed by atoms with Gasteiger partial charge in [-0.1, -0.05) is 24.3 Å². The van der Waals surface area contributed by atoms with E-state index in [2.05, 4.69) is 0 Å². The molecule has 1 aliphatic rings. The number of carbonyl (C=O) groups is 1. The number of hydrogen-bond donors (Lipinski definition) is 0. The third-order valence-electron chi connectivity index (χ3n) is 4.39. The summed E-state index contributed by atoms with van der Waals surface area (Å²) in [6.45, 7) is 4.84. The maximum Gasteiger partial charge on any atom is 0.415 e. The van der Waals surface area contributed by atoms with Gasteiger partial charge < -0.3 is 9.47 Å². The van der Waals surface area contributed by atoms with Crippen molar-refractivity contribution in [3.8, 4) is 5.75 Å². The second-order valence-electron chi connectivity index (χ2n) is 7.68. The van der Waals surface area contributed by atoms with Gasteiger partial charge in [-0.05, 0) is 67.8 Å². The van der Waals surface area contributed by atoms with Gasteiger partial charge in [-0.25, -0.2) is 4.79 Å². The van der Waals surface area contributed by atoms with Crippen LogP contribution in [0.25, 0.3) is 11.8 Å². The standard InChI is InChI=1S/C22H22F3NO3/c1-21(2,3)29-20(27)26-18(14-9-11-16(28-4)12-10-14)13-15-7-5-6-8-17(15)19(26)22(23,24)25/h5-13,19H,1-4H3/t19-/m0/s1. The van der Waals surface area contributed by atoms with Crippen molar-refractivity contribution >= 4 is 17.9 Å². The highest BCUT2D eigenvalue weighted by atomic mass is 19.4. The van der Waals surface area contributed by atoms with Crippen LogP contribution in [0.4, 0.5) is 18.0 Å². The summed E-state index contributed by atoms with van der Waals surface area (Å²) >= 11 is 0. The van der Waals surface area contributed by atoms with E-state index in [0.29, 0.717) is 21.8 Å². The fourth-order valence-electron chi connectivity index (χ4n) is 3.21. The molecule has 0 saturated carbocycles. The highest BCUT2D eigenvalue weighted by Gasteiger charge is 2.51. The van der Waals surface area contributed by atoms with Crippen LogP contribution in [0.15, 0.2) is 48.5 Å². The number of amides is 1. The Morgan fingerprint density at radius 2 is 1.62 bits per heavy atom. The molecule has 0 fully saturated rings. The molecule has 0 unspecified atom stereocenters. The number of methoxy groups -OCH3 is 1. The van der Waals surface area contributed by atoms with Crippen LogP contribution in [-0.2, 0) is 4.74 Å². The summed E-state index contributed by atoms with van der Waals surface area (Å²) in [5, 5.41) is 0. The van der Waals surface area contributed by atoms with E-state index >= 15 is 0 Å². The first-order valence-corrected chi connectivity index (χ1v) is 9.05. The van der Waals surface area contributed by atoms with Gasteiger partial charge in [-0.3, -0.25) is 4.90 Å². The minimum atomic E-state index is -4.70. The lowest BCUT2D eigenvalue weighted by molar-refractivity contribution is -0.175. The number of alkyl halides is 3. The average molecular weight is 405 g/mol. The third-order valence-corrected chi connectivity index (χ3v) is 4.39. The number of carbonyl (C=O) groups excluding carboxylic acids is 1. The average Bonchev–Trinajstić information content (AvgIpc) is 2.64. The van der Waals surface area contributed by atoms with Crippen LogP contribution in [0.1, 0.15) is 43.5 Å². The van der Waals surface area contributed by atoms with E-state index in [-0.39, 0.29) is 11.3 Å². The molecule has 1 heterocycles. The maximum atomic E-state index is 14.2. The number of benzene rings is 2. The molecule has 0 radical (unpaired) electrons. The van der Waals surface area contributed by atoms with Gasteiger partial charge in [-0.15, -0.1) is 0 Å². The number of rotatable bonds is 2. The molecule has 0 saturated heterocycles. The van der Waals surface area contributed by atoms with Crippen LogP contribution in [0.3, 0.4) is 0 Å². The molecule has 0 aliphatic carbocycles. The van der Waals surface area contributed by atoms with Gasteiger partial charge in [0.2, 0.25) is 0 Å². The zero-order chi connectivity index (χ0) is 21.4. The number of halogens is 3. The van der Waals surface area contributed by atoms with Gasteiger partial charge in [0.15, 0.2) is 6.04 Å². The number of fused-ring (bicyclic) bond motifs is 1. The molecular weight excluding hydrogens is 383 g/mol. The van der Waals surface area contributed by atoms with Gasteiger partial charge in [0.25, 0.3) is 0 Å². The lowest BCUT2D eigenvalue weighted by Gasteiger charge is -2.39. The van der Waals surface area contributed by atoms with Crippen LogP contribution in [0.5, 0.6) is 5.75 Å². The van der Waals surface area contributed by atoms with E-state index in [9.17, 15) is 18.0 Å². The van der Waals surface area contributed by atoms with Gasteiger partial charge in [0.1, 0.15) is 11.4 Å². The smallest absolute Gasteiger partial charge is 0.415 e. The molecule has 2 aromatic carbocycles. The van der Waals surface area contributed by atoms with Crippen molar-refractivity contribution < 1.29 is 27.4 Å². The fraction of sp³-hybridized carbons (Fsp3) is 0.318. The predicted octanol–water partition coefficient (Wildman–Crippen LogP) is 6.05. The molecule has 1 amide bonds. The van der Waals surface area contributed by atoms with Crippen molar-refractivity contribution in [3.63, 3.8) is 0 Å². The normalized spacial score (nSPS) is 16.7. The van der Waals surface area contributed by atoms with Crippen molar-refractivity contribution in [3.05, 3.63) is 65.2 Å². The minimum absolute atomic E-state index is 0.00289. The first-order valence-electron chi connectivity index (χ1n) is 9.05. The minimum Gasteiger partial charge on any atom is -0.497 e. The highest BCUT2D eigenvalue weighted by Crippen LogP contribution is 2.47. The van der Waals surface area contributed by atoms with Gasteiger partial charge in [0.05, 0.1) is 12.8 Å². The Kier molecular flexibility index (Phi) is 5.34. The summed E-state index contributed by atoms with van der Waals surface area (Å²) in [6, 6.07) is 10.5. The molecule has 154 valence electrons. The van der Waals surface area contributed by atoms with Crippen LogP contribution in [0.2, 0.25) is 0 Å². The van der Waals surface area contributed by atoms with Crippen LogP contribution in [-0.4, -0.2) is 29.9 Å². The predicted molar refractivity (Wildman–Crippen MR) is 104 cm³/mol. The number of nitrogens with zero attached hydrogens (tertiary/aromatic N) is 1. The molecule has 0 spiro atoms. The lowest BCUT2D eigenvalue weighted by atomic mass is 9.91. The fourth-order valence-corrected chi connectivity index (χ4v) is 3.21. The van der Waals surface area contributed by atoms with Crippen LogP contribution in [0, 0.1) is 0 Å². The summed E-state index contributed by atoms with van der Waals surface area (Å²) < 4.78 is 53.0. The van der Waals surface area contributed by atoms with E-state index in [1.54, 1.807) is 63.2 Å². The second-order valence-corrected chi connectivity index (χ2v) is 7.68. The highest BCUT2D eigenvalue weighted by molar-refractivity contribution is 5.93. The van der Waals surface area contributed by atoms with Crippen molar-refractivity contribution in [2.45, 2.75) is 38.6 Å². The third kappa shape index (κ3) is 4.39. The Morgan fingerprint density at radius 3 is 2.17 bits per heavy atom. The summed E-state index contributed by atoms with van der Waals surface area (Å²) in [5.41, 5.74) is 0.0155.